The Morgan fingerprint density at radius 3 is 0.982 bits per heavy atom. The summed E-state index contributed by atoms with van der Waals surface area (Å²) in [6.45, 7) is 19.0. The first-order valence-corrected chi connectivity index (χ1v) is 23.9. The Kier molecular flexibility index (Phi) is 28.5. The van der Waals surface area contributed by atoms with Gasteiger partial charge in [0, 0.05) is 0 Å². The van der Waals surface area contributed by atoms with Gasteiger partial charge in [0.15, 0.2) is 0 Å². The number of hydrogen-bond acceptors (Lipinski definition) is 0. The van der Waals surface area contributed by atoms with E-state index in [0.29, 0.717) is 0 Å². The molecule has 0 aliphatic carbocycles. The van der Waals surface area contributed by atoms with E-state index < -0.39 is 8.07 Å². The number of halogens is 3. The van der Waals surface area contributed by atoms with E-state index in [-0.39, 0.29) is 58.9 Å². The van der Waals surface area contributed by atoms with Crippen molar-refractivity contribution in [1.82, 2.24) is 0 Å². The van der Waals surface area contributed by atoms with Crippen LogP contribution < -0.4 is 58.0 Å². The first-order chi connectivity index (χ1) is 25.3. The van der Waals surface area contributed by atoms with Crippen molar-refractivity contribution in [2.24, 2.45) is 0 Å². The molecule has 56 heavy (non-hydrogen) atoms. The molecular formula is C51H75Cl3SiTi. The SMILES string of the molecule is CCCCCCc1cc(CCCCCC)cc([Si](c2ccccc2)(c2cc(CCCCCC)cc(CCCCCC)c2)[c-]2c(C)c(C)c(C)c2C)c1.[Cl-].[Cl-].[Cl-].[Ti+4]. The molecule has 0 N–H and O–H groups in total. The predicted molar refractivity (Wildman–Crippen MR) is 236 cm³/mol. The first kappa shape index (κ1) is 54.8. The molecule has 0 radical (unpaired) electrons. The number of rotatable bonds is 24. The maximum Gasteiger partial charge on any atom is 4.00 e. The Labute approximate surface area is 380 Å². The fourth-order valence-corrected chi connectivity index (χ4v) is 14.6. The second-order valence-corrected chi connectivity index (χ2v) is 20.0. The van der Waals surface area contributed by atoms with Crippen LogP contribution in [0.3, 0.4) is 0 Å². The van der Waals surface area contributed by atoms with Crippen LogP contribution in [0, 0.1) is 27.7 Å². The molecule has 5 heteroatoms. The molecule has 0 aromatic heterocycles. The summed E-state index contributed by atoms with van der Waals surface area (Å²) in [6.07, 6.45) is 25.7. The summed E-state index contributed by atoms with van der Waals surface area (Å²) in [7, 11) is -2.74. The number of benzene rings is 3. The standard InChI is InChI=1S/C51H75Si.3ClH.Ti/c1-9-13-17-22-28-44-34-45(29-23-18-14-10-2)37-49(36-44)52(48-32-26-21-27-33-48,51-42(7)40(5)41(6)43(51)8)50-38-46(30-24-19-15-11-3)35-47(39-50)31-25-20-16-12-4;;;;/h21,26-27,32-39H,9-20,22-25,28-31H2,1-8H3;3*1H;/q-1;;;;+4/p-3. The molecular weight excluding hydrogens is 795 g/mol. The van der Waals surface area contributed by atoms with E-state index in [2.05, 4.69) is 122 Å². The van der Waals surface area contributed by atoms with Crippen LogP contribution in [0.1, 0.15) is 175 Å². The van der Waals surface area contributed by atoms with Crippen molar-refractivity contribution in [3.8, 4) is 0 Å². The van der Waals surface area contributed by atoms with Crippen LogP contribution in [0.25, 0.3) is 0 Å². The Hall–Kier alpha value is -1.19. The van der Waals surface area contributed by atoms with Crippen molar-refractivity contribution in [1.29, 1.82) is 0 Å². The van der Waals surface area contributed by atoms with E-state index in [1.54, 1.807) is 43.0 Å². The Morgan fingerprint density at radius 2 is 0.696 bits per heavy atom. The molecule has 4 rings (SSSR count). The normalized spacial score (nSPS) is 11.0. The second-order valence-electron chi connectivity index (χ2n) is 16.3. The van der Waals surface area contributed by atoms with Gasteiger partial charge in [-0.1, -0.05) is 215 Å². The van der Waals surface area contributed by atoms with Crippen molar-refractivity contribution in [2.45, 2.75) is 184 Å². The molecule has 0 spiro atoms. The molecule has 4 aromatic rings. The van der Waals surface area contributed by atoms with Crippen LogP contribution in [0.4, 0.5) is 0 Å². The molecule has 0 aliphatic heterocycles. The number of aryl methyl sites for hydroxylation is 4. The largest absolute Gasteiger partial charge is 4.00 e. The maximum atomic E-state index is 2.71. The smallest absolute Gasteiger partial charge is 1.00 e. The minimum Gasteiger partial charge on any atom is -1.00 e. The van der Waals surface area contributed by atoms with Crippen LogP contribution in [-0.2, 0) is 47.4 Å². The third kappa shape index (κ3) is 14.5. The van der Waals surface area contributed by atoms with Crippen molar-refractivity contribution in [3.63, 3.8) is 0 Å². The molecule has 0 aliphatic rings. The zero-order valence-electron chi connectivity index (χ0n) is 36.6. The van der Waals surface area contributed by atoms with Crippen LogP contribution >= 0.6 is 0 Å². The van der Waals surface area contributed by atoms with E-state index in [4.69, 9.17) is 0 Å². The summed E-state index contributed by atoms with van der Waals surface area (Å²) in [5.74, 6) is 0. The van der Waals surface area contributed by atoms with Crippen LogP contribution in [0.5, 0.6) is 0 Å². The summed E-state index contributed by atoms with van der Waals surface area (Å²) >= 11 is 0. The fraction of sp³-hybridized carbons (Fsp3) is 0.549. The average Bonchev–Trinajstić information content (AvgIpc) is 3.35. The van der Waals surface area contributed by atoms with Gasteiger partial charge >= 0.3 is 21.7 Å². The van der Waals surface area contributed by atoms with E-state index in [1.807, 2.05) is 0 Å². The Bertz CT molecular complexity index is 1490. The van der Waals surface area contributed by atoms with Crippen LogP contribution in [0.2, 0.25) is 0 Å². The molecule has 308 valence electrons. The zero-order valence-corrected chi connectivity index (χ0v) is 41.5. The first-order valence-electron chi connectivity index (χ1n) is 21.9. The Balaban J connectivity index is 0.00000756. The van der Waals surface area contributed by atoms with E-state index in [1.165, 1.54) is 151 Å². The van der Waals surface area contributed by atoms with Gasteiger partial charge in [-0.3, -0.25) is 0 Å². The van der Waals surface area contributed by atoms with Gasteiger partial charge in [0.25, 0.3) is 0 Å². The molecule has 0 fully saturated rings. The third-order valence-electron chi connectivity index (χ3n) is 12.3. The van der Waals surface area contributed by atoms with Crippen LogP contribution in [-0.4, -0.2) is 8.07 Å². The number of hydrogen-bond donors (Lipinski definition) is 0. The van der Waals surface area contributed by atoms with Crippen molar-refractivity contribution >= 4 is 28.8 Å². The van der Waals surface area contributed by atoms with Gasteiger partial charge in [0.05, 0.1) is 0 Å². The van der Waals surface area contributed by atoms with Gasteiger partial charge in [-0.25, -0.2) is 0 Å². The summed E-state index contributed by atoms with van der Waals surface area (Å²) in [5, 5.41) is 6.45. The second kappa shape index (κ2) is 29.1. The Morgan fingerprint density at radius 1 is 0.393 bits per heavy atom. The van der Waals surface area contributed by atoms with Gasteiger partial charge < -0.3 is 37.2 Å². The molecule has 0 amide bonds. The quantitative estimate of drug-likeness (QED) is 0.0439. The molecule has 0 saturated carbocycles. The average molecular weight is 870 g/mol. The molecule has 0 unspecified atom stereocenters. The molecule has 0 bridgehead atoms. The molecule has 0 nitrogen and oxygen atoms in total. The number of unbranched alkanes of at least 4 members (excludes halogenated alkanes) is 12. The minimum atomic E-state index is -2.74. The van der Waals surface area contributed by atoms with E-state index >= 15 is 0 Å². The van der Waals surface area contributed by atoms with Crippen molar-refractivity contribution in [3.05, 3.63) is 111 Å². The summed E-state index contributed by atoms with van der Waals surface area (Å²) < 4.78 is 0. The maximum absolute atomic E-state index is 2.74. The van der Waals surface area contributed by atoms with E-state index in [0.717, 1.165) is 0 Å². The van der Waals surface area contributed by atoms with Gasteiger partial charge in [0.1, 0.15) is 8.07 Å². The summed E-state index contributed by atoms with van der Waals surface area (Å²) in [5.41, 5.74) is 12.3. The third-order valence-corrected chi connectivity index (χ3v) is 17.3. The van der Waals surface area contributed by atoms with Gasteiger partial charge in [-0.05, 0) is 73.6 Å². The van der Waals surface area contributed by atoms with Gasteiger partial charge in [0.2, 0.25) is 0 Å². The zero-order chi connectivity index (χ0) is 37.3. The van der Waals surface area contributed by atoms with Gasteiger partial charge in [-0.2, -0.15) is 22.3 Å². The van der Waals surface area contributed by atoms with E-state index in [9.17, 15) is 0 Å². The predicted octanol–water partition coefficient (Wildman–Crippen LogP) is 3.52. The summed E-state index contributed by atoms with van der Waals surface area (Å²) in [4.78, 5) is 0. The summed E-state index contributed by atoms with van der Waals surface area (Å²) in [6, 6.07) is 28.0. The molecule has 4 aromatic carbocycles. The topological polar surface area (TPSA) is 0 Å². The molecule has 0 heterocycles. The minimum absolute atomic E-state index is 0. The monoisotopic (exact) mass is 868 g/mol. The van der Waals surface area contributed by atoms with Crippen molar-refractivity contribution in [2.75, 3.05) is 0 Å². The molecule has 0 atom stereocenters. The molecule has 0 saturated heterocycles. The van der Waals surface area contributed by atoms with Gasteiger partial charge in [-0.15, -0.1) is 5.19 Å². The van der Waals surface area contributed by atoms with Crippen LogP contribution in [0.15, 0.2) is 66.7 Å². The fourth-order valence-electron chi connectivity index (χ4n) is 8.96. The van der Waals surface area contributed by atoms with Crippen molar-refractivity contribution < 1.29 is 58.9 Å².